The number of rotatable bonds is 5. The molecule has 0 spiro atoms. The molecule has 0 unspecified atom stereocenters. The normalized spacial score (nSPS) is 15.6. The first-order valence-electron chi connectivity index (χ1n) is 8.66. The zero-order valence-electron chi connectivity index (χ0n) is 14.8. The van der Waals surface area contributed by atoms with Crippen molar-refractivity contribution in [2.24, 2.45) is 0 Å². The fraction of sp³-hybridized carbons (Fsp3) is 0.250. The number of aliphatic hydroxyl groups is 1. The molecule has 0 saturated carbocycles. The van der Waals surface area contributed by atoms with E-state index in [4.69, 9.17) is 4.42 Å². The van der Waals surface area contributed by atoms with Crippen LogP contribution in [0.15, 0.2) is 64.1 Å². The van der Waals surface area contributed by atoms with Crippen LogP contribution < -0.4 is 4.72 Å². The summed E-state index contributed by atoms with van der Waals surface area (Å²) in [6.45, 7) is 1.71. The third-order valence-electron chi connectivity index (χ3n) is 4.83. The number of benzene rings is 2. The number of nitrogens with zero attached hydrogens (tertiary/aromatic N) is 1. The molecule has 1 aromatic heterocycles. The fourth-order valence-electron chi connectivity index (χ4n) is 3.41. The molecule has 7 heteroatoms. The lowest BCUT2D eigenvalue weighted by Crippen LogP contribution is -2.43. The van der Waals surface area contributed by atoms with Gasteiger partial charge < -0.3 is 9.52 Å². The van der Waals surface area contributed by atoms with E-state index in [1.54, 1.807) is 19.1 Å². The average molecular weight is 384 g/mol. The Labute approximate surface area is 157 Å². The molecule has 2 aromatic carbocycles. The number of hydrogen-bond donors (Lipinski definition) is 2. The molecule has 0 amide bonds. The number of hydrogen-bond acceptors (Lipinski definition) is 5. The van der Waals surface area contributed by atoms with E-state index >= 15 is 0 Å². The minimum Gasteiger partial charge on any atom is -0.449 e. The highest BCUT2D eigenvalue weighted by atomic mass is 32.2. The van der Waals surface area contributed by atoms with Crippen molar-refractivity contribution >= 4 is 10.0 Å². The van der Waals surface area contributed by atoms with Gasteiger partial charge >= 0.3 is 0 Å². The maximum absolute atomic E-state index is 12.6. The van der Waals surface area contributed by atoms with E-state index in [2.05, 4.69) is 9.71 Å². The lowest BCUT2D eigenvalue weighted by atomic mass is 10.0. The second-order valence-electron chi connectivity index (χ2n) is 6.95. The molecule has 2 N–H and O–H groups in total. The standard InChI is InChI=1S/C20H20N2O4S/c1-14-22-19(12-26-14)15-6-8-18(9-7-15)27(24,25)21-13-20(23)10-16-4-2-3-5-17(16)11-20/h2-9,12,21,23H,10-11,13H2,1H3. The predicted octanol–water partition coefficient (Wildman–Crippen LogP) is 2.46. The van der Waals surface area contributed by atoms with Crippen LogP contribution in [0.3, 0.4) is 0 Å². The van der Waals surface area contributed by atoms with E-state index in [9.17, 15) is 13.5 Å². The Morgan fingerprint density at radius 3 is 2.30 bits per heavy atom. The highest BCUT2D eigenvalue weighted by molar-refractivity contribution is 7.89. The van der Waals surface area contributed by atoms with Crippen LogP contribution in [0.25, 0.3) is 11.3 Å². The number of aromatic nitrogens is 1. The van der Waals surface area contributed by atoms with Gasteiger partial charge in [-0.3, -0.25) is 0 Å². The van der Waals surface area contributed by atoms with Gasteiger partial charge in [-0.05, 0) is 23.3 Å². The van der Waals surface area contributed by atoms with Crippen molar-refractivity contribution in [3.8, 4) is 11.3 Å². The van der Waals surface area contributed by atoms with Gasteiger partial charge in [0.2, 0.25) is 10.0 Å². The SMILES string of the molecule is Cc1nc(-c2ccc(S(=O)(=O)NCC3(O)Cc4ccccc4C3)cc2)co1. The highest BCUT2D eigenvalue weighted by Crippen LogP contribution is 2.30. The molecule has 1 aliphatic carbocycles. The maximum atomic E-state index is 12.6. The van der Waals surface area contributed by atoms with E-state index < -0.39 is 15.6 Å². The van der Waals surface area contributed by atoms with E-state index in [1.165, 1.54) is 18.4 Å². The van der Waals surface area contributed by atoms with Crippen LogP contribution in [0.5, 0.6) is 0 Å². The van der Waals surface area contributed by atoms with Gasteiger partial charge in [0.05, 0.1) is 10.5 Å². The molecule has 0 saturated heterocycles. The second-order valence-corrected chi connectivity index (χ2v) is 8.71. The number of aryl methyl sites for hydroxylation is 1. The van der Waals surface area contributed by atoms with Crippen molar-refractivity contribution in [1.82, 2.24) is 9.71 Å². The lowest BCUT2D eigenvalue weighted by molar-refractivity contribution is 0.0567. The maximum Gasteiger partial charge on any atom is 0.240 e. The molecular formula is C20H20N2O4S. The van der Waals surface area contributed by atoms with Gasteiger partial charge in [0.15, 0.2) is 5.89 Å². The summed E-state index contributed by atoms with van der Waals surface area (Å²) in [5.74, 6) is 0.550. The molecule has 140 valence electrons. The first-order valence-corrected chi connectivity index (χ1v) is 10.1. The average Bonchev–Trinajstić information content (AvgIpc) is 3.23. The summed E-state index contributed by atoms with van der Waals surface area (Å²) in [4.78, 5) is 4.37. The van der Waals surface area contributed by atoms with Crippen LogP contribution >= 0.6 is 0 Å². The van der Waals surface area contributed by atoms with Crippen LogP contribution in [-0.2, 0) is 22.9 Å². The zero-order valence-corrected chi connectivity index (χ0v) is 15.7. The van der Waals surface area contributed by atoms with Crippen LogP contribution in [-0.4, -0.2) is 30.7 Å². The first kappa shape index (κ1) is 17.9. The summed E-state index contributed by atoms with van der Waals surface area (Å²) in [6, 6.07) is 14.2. The van der Waals surface area contributed by atoms with Gasteiger partial charge in [0, 0.05) is 31.9 Å². The predicted molar refractivity (Wildman–Crippen MR) is 101 cm³/mol. The molecule has 0 radical (unpaired) electrons. The molecular weight excluding hydrogens is 364 g/mol. The molecule has 0 aliphatic heterocycles. The zero-order chi connectivity index (χ0) is 19.1. The summed E-state index contributed by atoms with van der Waals surface area (Å²) in [6.07, 6.45) is 2.41. The fourth-order valence-corrected chi connectivity index (χ4v) is 4.53. The number of fused-ring (bicyclic) bond motifs is 1. The van der Waals surface area contributed by atoms with Crippen molar-refractivity contribution in [3.05, 3.63) is 71.8 Å². The van der Waals surface area contributed by atoms with Gasteiger partial charge in [-0.15, -0.1) is 0 Å². The molecule has 3 aromatic rings. The summed E-state index contributed by atoms with van der Waals surface area (Å²) in [7, 11) is -3.72. The van der Waals surface area contributed by atoms with Gasteiger partial charge in [-0.1, -0.05) is 36.4 Å². The molecule has 1 aliphatic rings. The molecule has 27 heavy (non-hydrogen) atoms. The Morgan fingerprint density at radius 2 is 1.74 bits per heavy atom. The Balaban J connectivity index is 1.46. The second kappa shape index (κ2) is 6.60. The van der Waals surface area contributed by atoms with Crippen molar-refractivity contribution < 1.29 is 17.9 Å². The topological polar surface area (TPSA) is 92.4 Å². The van der Waals surface area contributed by atoms with Crippen molar-refractivity contribution in [3.63, 3.8) is 0 Å². The lowest BCUT2D eigenvalue weighted by Gasteiger charge is -2.22. The van der Waals surface area contributed by atoms with Crippen LogP contribution in [0, 0.1) is 6.92 Å². The molecule has 0 fully saturated rings. The Bertz CT molecular complexity index is 1050. The number of sulfonamides is 1. The molecule has 1 heterocycles. The van der Waals surface area contributed by atoms with E-state index in [0.29, 0.717) is 24.4 Å². The van der Waals surface area contributed by atoms with Crippen molar-refractivity contribution in [2.75, 3.05) is 6.54 Å². The van der Waals surface area contributed by atoms with Crippen molar-refractivity contribution in [1.29, 1.82) is 0 Å². The Hall–Kier alpha value is -2.48. The molecule has 6 nitrogen and oxygen atoms in total. The summed E-state index contributed by atoms with van der Waals surface area (Å²) in [5.41, 5.74) is 2.45. The van der Waals surface area contributed by atoms with E-state index in [-0.39, 0.29) is 11.4 Å². The van der Waals surface area contributed by atoms with Crippen LogP contribution in [0.2, 0.25) is 0 Å². The van der Waals surface area contributed by atoms with Crippen LogP contribution in [0.4, 0.5) is 0 Å². The number of nitrogens with one attached hydrogen (secondary N) is 1. The quantitative estimate of drug-likeness (QED) is 0.705. The minimum atomic E-state index is -3.72. The highest BCUT2D eigenvalue weighted by Gasteiger charge is 2.36. The first-order chi connectivity index (χ1) is 12.8. The Kier molecular flexibility index (Phi) is 4.38. The number of oxazole rings is 1. The van der Waals surface area contributed by atoms with E-state index in [0.717, 1.165) is 16.7 Å². The third-order valence-corrected chi connectivity index (χ3v) is 6.25. The summed E-state index contributed by atoms with van der Waals surface area (Å²) in [5, 5.41) is 10.8. The van der Waals surface area contributed by atoms with Crippen molar-refractivity contribution in [2.45, 2.75) is 30.3 Å². The van der Waals surface area contributed by atoms with Gasteiger partial charge in [0.25, 0.3) is 0 Å². The monoisotopic (exact) mass is 384 g/mol. The largest absolute Gasteiger partial charge is 0.449 e. The smallest absolute Gasteiger partial charge is 0.240 e. The van der Waals surface area contributed by atoms with Gasteiger partial charge in [0.1, 0.15) is 12.0 Å². The van der Waals surface area contributed by atoms with E-state index in [1.807, 2.05) is 24.3 Å². The molecule has 4 rings (SSSR count). The molecule has 0 atom stereocenters. The Morgan fingerprint density at radius 1 is 1.11 bits per heavy atom. The van der Waals surface area contributed by atoms with Gasteiger partial charge in [-0.25, -0.2) is 18.1 Å². The summed E-state index contributed by atoms with van der Waals surface area (Å²) >= 11 is 0. The summed E-state index contributed by atoms with van der Waals surface area (Å²) < 4.78 is 32.9. The van der Waals surface area contributed by atoms with Crippen LogP contribution in [0.1, 0.15) is 17.0 Å². The van der Waals surface area contributed by atoms with Gasteiger partial charge in [-0.2, -0.15) is 0 Å². The minimum absolute atomic E-state index is 0.0335. The third kappa shape index (κ3) is 3.66. The molecule has 0 bridgehead atoms.